The number of hydrogen-bond acceptors (Lipinski definition) is 5. The second-order valence-electron chi connectivity index (χ2n) is 6.81. The van der Waals surface area contributed by atoms with Gasteiger partial charge in [0.15, 0.2) is 0 Å². The molecule has 3 aromatic rings. The second-order valence-corrected chi connectivity index (χ2v) is 8.49. The number of anilines is 1. The van der Waals surface area contributed by atoms with E-state index < -0.39 is 15.9 Å². The minimum absolute atomic E-state index is 0.0319. The first-order chi connectivity index (χ1) is 14.4. The highest BCUT2D eigenvalue weighted by Crippen LogP contribution is 2.29. The van der Waals surface area contributed by atoms with E-state index in [-0.39, 0.29) is 16.2 Å². The van der Waals surface area contributed by atoms with Crippen LogP contribution in [-0.2, 0) is 16.4 Å². The summed E-state index contributed by atoms with van der Waals surface area (Å²) in [6.45, 7) is 0. The summed E-state index contributed by atoms with van der Waals surface area (Å²) in [4.78, 5) is 12.5. The molecule has 8 heteroatoms. The van der Waals surface area contributed by atoms with Gasteiger partial charge in [-0.15, -0.1) is 0 Å². The van der Waals surface area contributed by atoms with Crippen LogP contribution in [0.25, 0.3) is 0 Å². The number of fused-ring (bicyclic) bond motifs is 1. The molecule has 30 heavy (non-hydrogen) atoms. The van der Waals surface area contributed by atoms with Crippen molar-refractivity contribution in [1.82, 2.24) is 5.43 Å². The van der Waals surface area contributed by atoms with Crippen LogP contribution >= 0.6 is 0 Å². The second kappa shape index (κ2) is 8.00. The minimum Gasteiger partial charge on any atom is -0.507 e. The lowest BCUT2D eigenvalue weighted by Gasteiger charge is -2.09. The lowest BCUT2D eigenvalue weighted by atomic mass is 10.1. The van der Waals surface area contributed by atoms with Crippen molar-refractivity contribution in [2.45, 2.75) is 17.7 Å². The zero-order valence-electron chi connectivity index (χ0n) is 15.9. The quantitative estimate of drug-likeness (QED) is 0.550. The normalized spacial score (nSPS) is 14.3. The van der Waals surface area contributed by atoms with Gasteiger partial charge >= 0.3 is 0 Å². The smallest absolute Gasteiger partial charge is 0.271 e. The molecule has 4 rings (SSSR count). The van der Waals surface area contributed by atoms with Gasteiger partial charge in [0.1, 0.15) is 5.75 Å². The average Bonchev–Trinajstić information content (AvgIpc) is 3.17. The van der Waals surface area contributed by atoms with Gasteiger partial charge in [0, 0.05) is 16.8 Å². The third-order valence-electron chi connectivity index (χ3n) is 4.77. The molecule has 3 N–H and O–H groups in total. The van der Waals surface area contributed by atoms with E-state index in [1.54, 1.807) is 42.5 Å². The van der Waals surface area contributed by atoms with Crippen LogP contribution in [0.1, 0.15) is 27.9 Å². The van der Waals surface area contributed by atoms with Gasteiger partial charge in [-0.05, 0) is 54.8 Å². The van der Waals surface area contributed by atoms with Crippen LogP contribution in [0.5, 0.6) is 5.75 Å². The molecule has 0 aliphatic heterocycles. The van der Waals surface area contributed by atoms with Gasteiger partial charge in [-0.1, -0.05) is 36.4 Å². The maximum atomic E-state index is 12.6. The van der Waals surface area contributed by atoms with Gasteiger partial charge in [0.2, 0.25) is 0 Å². The van der Waals surface area contributed by atoms with E-state index in [1.165, 1.54) is 24.3 Å². The minimum atomic E-state index is -3.84. The zero-order valence-corrected chi connectivity index (χ0v) is 16.7. The number of sulfonamides is 1. The molecule has 1 aliphatic rings. The van der Waals surface area contributed by atoms with Crippen LogP contribution in [0.2, 0.25) is 0 Å². The fourth-order valence-corrected chi connectivity index (χ4v) is 4.43. The Morgan fingerprint density at radius 1 is 0.933 bits per heavy atom. The number of phenolic OH excluding ortho intramolecular Hbond substituents is 1. The number of phenols is 1. The number of hydrazone groups is 1. The Morgan fingerprint density at radius 2 is 1.70 bits per heavy atom. The highest BCUT2D eigenvalue weighted by molar-refractivity contribution is 7.92. The molecular formula is C22H19N3O4S. The highest BCUT2D eigenvalue weighted by Gasteiger charge is 2.22. The van der Waals surface area contributed by atoms with Crippen molar-refractivity contribution in [2.24, 2.45) is 5.10 Å². The van der Waals surface area contributed by atoms with Gasteiger partial charge < -0.3 is 5.11 Å². The monoisotopic (exact) mass is 421 g/mol. The SMILES string of the molecule is O=C(N/N=C1\CCc2cccc(O)c21)c1cccc(S(=O)(=O)Nc2ccccc2)c1. The number of nitrogens with one attached hydrogen (secondary N) is 2. The lowest BCUT2D eigenvalue weighted by Crippen LogP contribution is -2.20. The Balaban J connectivity index is 1.53. The molecule has 152 valence electrons. The van der Waals surface area contributed by atoms with Crippen molar-refractivity contribution in [3.8, 4) is 5.75 Å². The van der Waals surface area contributed by atoms with E-state index >= 15 is 0 Å². The van der Waals surface area contributed by atoms with E-state index in [9.17, 15) is 18.3 Å². The summed E-state index contributed by atoms with van der Waals surface area (Å²) >= 11 is 0. The van der Waals surface area contributed by atoms with Gasteiger partial charge in [-0.25, -0.2) is 13.8 Å². The molecule has 0 heterocycles. The maximum absolute atomic E-state index is 12.6. The topological polar surface area (TPSA) is 108 Å². The van der Waals surface area contributed by atoms with Crippen molar-refractivity contribution >= 4 is 27.3 Å². The number of rotatable bonds is 5. The summed E-state index contributed by atoms with van der Waals surface area (Å²) in [5, 5.41) is 14.2. The molecule has 1 aliphatic carbocycles. The Kier molecular flexibility index (Phi) is 5.24. The first-order valence-corrected chi connectivity index (χ1v) is 10.8. The van der Waals surface area contributed by atoms with Crippen LogP contribution in [0.3, 0.4) is 0 Å². The van der Waals surface area contributed by atoms with Gasteiger partial charge in [0.05, 0.1) is 10.6 Å². The highest BCUT2D eigenvalue weighted by atomic mass is 32.2. The third-order valence-corrected chi connectivity index (χ3v) is 6.15. The summed E-state index contributed by atoms with van der Waals surface area (Å²) in [6, 6.07) is 19.5. The number of hydrogen-bond donors (Lipinski definition) is 3. The summed E-state index contributed by atoms with van der Waals surface area (Å²) in [6.07, 6.45) is 1.33. The standard InChI is InChI=1S/C22H19N3O4S/c26-20-11-5-6-15-12-13-19(21(15)20)23-24-22(27)16-7-4-10-18(14-16)30(28,29)25-17-8-2-1-3-9-17/h1-11,14,25-26H,12-13H2,(H,24,27)/b23-19+. The molecule has 0 saturated heterocycles. The van der Waals surface area contributed by atoms with Crippen molar-refractivity contribution in [3.63, 3.8) is 0 Å². The van der Waals surface area contributed by atoms with E-state index in [1.807, 2.05) is 6.07 Å². The fraction of sp³-hybridized carbons (Fsp3) is 0.0909. The number of aryl methyl sites for hydroxylation is 1. The molecule has 0 unspecified atom stereocenters. The largest absolute Gasteiger partial charge is 0.507 e. The molecule has 1 amide bonds. The lowest BCUT2D eigenvalue weighted by molar-refractivity contribution is 0.0954. The Labute approximate surface area is 174 Å². The van der Waals surface area contributed by atoms with E-state index in [0.717, 1.165) is 12.0 Å². The van der Waals surface area contributed by atoms with Crippen molar-refractivity contribution in [3.05, 3.63) is 89.5 Å². The predicted molar refractivity (Wildman–Crippen MR) is 114 cm³/mol. The van der Waals surface area contributed by atoms with Crippen molar-refractivity contribution in [1.29, 1.82) is 0 Å². The molecule has 0 saturated carbocycles. The van der Waals surface area contributed by atoms with Gasteiger partial charge in [-0.2, -0.15) is 5.10 Å². The van der Waals surface area contributed by atoms with E-state index in [4.69, 9.17) is 0 Å². The Morgan fingerprint density at radius 3 is 2.50 bits per heavy atom. The zero-order chi connectivity index (χ0) is 21.1. The van der Waals surface area contributed by atoms with E-state index in [0.29, 0.717) is 23.4 Å². The number of para-hydroxylation sites is 1. The Hall–Kier alpha value is -3.65. The molecule has 3 aromatic carbocycles. The van der Waals surface area contributed by atoms with Crippen LogP contribution in [-0.4, -0.2) is 25.1 Å². The fourth-order valence-electron chi connectivity index (χ4n) is 3.33. The average molecular weight is 421 g/mol. The number of benzene rings is 3. The summed E-state index contributed by atoms with van der Waals surface area (Å²) < 4.78 is 27.7. The number of aromatic hydroxyl groups is 1. The van der Waals surface area contributed by atoms with E-state index in [2.05, 4.69) is 15.2 Å². The third kappa shape index (κ3) is 4.04. The van der Waals surface area contributed by atoms with Crippen molar-refractivity contribution in [2.75, 3.05) is 4.72 Å². The number of carbonyl (C=O) groups is 1. The first kappa shape index (κ1) is 19.7. The summed E-state index contributed by atoms with van der Waals surface area (Å²) in [5.41, 5.74) is 5.25. The van der Waals surface area contributed by atoms with Gasteiger partial charge in [-0.3, -0.25) is 9.52 Å². The number of carbonyl (C=O) groups excluding carboxylic acids is 1. The number of amides is 1. The molecular weight excluding hydrogens is 402 g/mol. The van der Waals surface area contributed by atoms with Crippen LogP contribution in [0, 0.1) is 0 Å². The molecule has 0 bridgehead atoms. The summed E-state index contributed by atoms with van der Waals surface area (Å²) in [5.74, 6) is -0.416. The molecule has 0 spiro atoms. The Bertz CT molecular complexity index is 1240. The molecule has 0 fully saturated rings. The molecule has 0 radical (unpaired) electrons. The van der Waals surface area contributed by atoms with Crippen molar-refractivity contribution < 1.29 is 18.3 Å². The molecule has 0 aromatic heterocycles. The summed E-state index contributed by atoms with van der Waals surface area (Å²) in [7, 11) is -3.84. The predicted octanol–water partition coefficient (Wildman–Crippen LogP) is 3.27. The first-order valence-electron chi connectivity index (χ1n) is 9.30. The number of nitrogens with zero attached hydrogens (tertiary/aromatic N) is 1. The van der Waals surface area contributed by atoms with Crippen LogP contribution in [0.15, 0.2) is 82.8 Å². The van der Waals surface area contributed by atoms with Crippen LogP contribution < -0.4 is 10.1 Å². The maximum Gasteiger partial charge on any atom is 0.271 e. The van der Waals surface area contributed by atoms with Gasteiger partial charge in [0.25, 0.3) is 15.9 Å². The molecule has 0 atom stereocenters. The molecule has 7 nitrogen and oxygen atoms in total. The van der Waals surface area contributed by atoms with Crippen LogP contribution in [0.4, 0.5) is 5.69 Å².